The Hall–Kier alpha value is -1.57. The van der Waals surface area contributed by atoms with Crippen molar-refractivity contribution in [2.75, 3.05) is 0 Å². The second kappa shape index (κ2) is 4.24. The molecular weight excluding hydrogens is 304 g/mol. The second-order valence-electron chi connectivity index (χ2n) is 6.51. The van der Waals surface area contributed by atoms with Crippen LogP contribution < -0.4 is 10.4 Å². The molecule has 22 heavy (non-hydrogen) atoms. The van der Waals surface area contributed by atoms with Gasteiger partial charge in [-0.1, -0.05) is 49.4 Å². The zero-order valence-electron chi connectivity index (χ0n) is 12.6. The summed E-state index contributed by atoms with van der Waals surface area (Å²) in [5.41, 5.74) is 8.76. The van der Waals surface area contributed by atoms with Gasteiger partial charge in [-0.25, -0.2) is 0 Å². The summed E-state index contributed by atoms with van der Waals surface area (Å²) in [4.78, 5) is 0. The van der Waals surface area contributed by atoms with Crippen LogP contribution >= 0.6 is 11.1 Å². The van der Waals surface area contributed by atoms with Gasteiger partial charge in [0.25, 0.3) is 0 Å². The third-order valence-electron chi connectivity index (χ3n) is 5.44. The normalized spacial score (nSPS) is 23.1. The van der Waals surface area contributed by atoms with Gasteiger partial charge in [0.05, 0.1) is 0 Å². The highest BCUT2D eigenvalue weighted by molar-refractivity contribution is 7.44. The van der Waals surface area contributed by atoms with Crippen molar-refractivity contribution in [2.45, 2.75) is 25.8 Å². The molecule has 0 nitrogen and oxygen atoms in total. The Bertz CT molecular complexity index is 891. The van der Waals surface area contributed by atoms with Gasteiger partial charge in [-0.2, -0.15) is 11.1 Å². The monoisotopic (exact) mass is 320 g/mol. The third kappa shape index (κ3) is 1.48. The number of allylic oxidation sites excluding steroid dienone is 4. The third-order valence-corrected chi connectivity index (χ3v) is 10.8. The van der Waals surface area contributed by atoms with Gasteiger partial charge >= 0.3 is 0 Å². The number of rotatable bonds is 2. The van der Waals surface area contributed by atoms with E-state index in [4.69, 9.17) is 11.1 Å². The number of halogens is 1. The molecule has 0 spiro atoms. The van der Waals surface area contributed by atoms with Gasteiger partial charge < -0.3 is 0 Å². The first-order chi connectivity index (χ1) is 10.7. The zero-order chi connectivity index (χ0) is 14.9. The van der Waals surface area contributed by atoms with Gasteiger partial charge in [0.2, 0.25) is 7.38 Å². The van der Waals surface area contributed by atoms with E-state index in [1.807, 2.05) is 0 Å². The summed E-state index contributed by atoms with van der Waals surface area (Å²) < 4.78 is 0. The summed E-state index contributed by atoms with van der Waals surface area (Å²) in [6, 6.07) is 12.4. The van der Waals surface area contributed by atoms with E-state index in [1.165, 1.54) is 38.6 Å². The molecular formula is C20H17ClSi. The fourth-order valence-corrected chi connectivity index (χ4v) is 8.99. The quantitative estimate of drug-likeness (QED) is 0.489. The average Bonchev–Trinajstić information content (AvgIpc) is 2.94. The molecule has 0 aromatic heterocycles. The van der Waals surface area contributed by atoms with Crippen LogP contribution in [0.4, 0.5) is 0 Å². The predicted octanol–water partition coefficient (Wildman–Crippen LogP) is 4.23. The lowest BCUT2D eigenvalue weighted by atomic mass is 9.98. The van der Waals surface area contributed by atoms with Gasteiger partial charge in [-0.15, -0.1) is 0 Å². The van der Waals surface area contributed by atoms with Crippen LogP contribution in [0.3, 0.4) is 0 Å². The smallest absolute Gasteiger partial charge is 0.155 e. The van der Waals surface area contributed by atoms with Crippen LogP contribution in [-0.4, -0.2) is 7.38 Å². The Balaban J connectivity index is 1.78. The molecule has 2 aromatic carbocycles. The first-order valence-electron chi connectivity index (χ1n) is 8.08. The minimum atomic E-state index is -1.82. The first-order valence-corrected chi connectivity index (χ1v) is 11.3. The molecule has 108 valence electrons. The molecule has 1 aliphatic heterocycles. The fraction of sp³-hybridized carbons (Fsp3) is 0.200. The van der Waals surface area contributed by atoms with Crippen molar-refractivity contribution in [1.29, 1.82) is 0 Å². The largest absolute Gasteiger partial charge is 0.217 e. The lowest BCUT2D eigenvalue weighted by Gasteiger charge is -2.07. The van der Waals surface area contributed by atoms with Crippen molar-refractivity contribution in [2.24, 2.45) is 0 Å². The second-order valence-corrected chi connectivity index (χ2v) is 11.8. The maximum Gasteiger partial charge on any atom is 0.217 e. The molecule has 0 amide bonds. The van der Waals surface area contributed by atoms with Crippen LogP contribution in [0.5, 0.6) is 0 Å². The maximum atomic E-state index is 7.13. The Morgan fingerprint density at radius 1 is 1.09 bits per heavy atom. The van der Waals surface area contributed by atoms with E-state index >= 15 is 0 Å². The van der Waals surface area contributed by atoms with Crippen LogP contribution in [0.15, 0.2) is 48.6 Å². The molecule has 1 heterocycles. The summed E-state index contributed by atoms with van der Waals surface area (Å²) in [5, 5.41) is 3.10. The highest BCUT2D eigenvalue weighted by atomic mass is 35.6. The lowest BCUT2D eigenvalue weighted by Crippen LogP contribution is -2.20. The standard InChI is InChI=1S/C20H17ClSi/c1-2-22(21)19-16(13-7-3-4-8-13)12-17-15-10-6-5-9-14(15)11-18(17)20(19)22/h3-7,9-10,12H,2,8,11H2,1H3. The molecule has 1 unspecified atom stereocenters. The molecule has 0 bridgehead atoms. The number of benzene rings is 2. The van der Waals surface area contributed by atoms with Crippen LogP contribution in [0.25, 0.3) is 16.7 Å². The van der Waals surface area contributed by atoms with Gasteiger partial charge in [0, 0.05) is 0 Å². The number of fused-ring (bicyclic) bond motifs is 5. The predicted molar refractivity (Wildman–Crippen MR) is 97.8 cm³/mol. The minimum Gasteiger partial charge on any atom is -0.155 e. The van der Waals surface area contributed by atoms with Crippen molar-refractivity contribution < 1.29 is 0 Å². The van der Waals surface area contributed by atoms with Crippen molar-refractivity contribution in [3.63, 3.8) is 0 Å². The highest BCUT2D eigenvalue weighted by Gasteiger charge is 2.55. The number of hydrogen-bond donors (Lipinski definition) is 0. The molecule has 0 radical (unpaired) electrons. The van der Waals surface area contributed by atoms with Crippen LogP contribution in [-0.2, 0) is 6.42 Å². The van der Waals surface area contributed by atoms with Crippen LogP contribution in [0.1, 0.15) is 30.0 Å². The van der Waals surface area contributed by atoms with Gasteiger partial charge in [-0.3, -0.25) is 0 Å². The summed E-state index contributed by atoms with van der Waals surface area (Å²) in [6.45, 7) is 2.26. The molecule has 2 heteroatoms. The van der Waals surface area contributed by atoms with E-state index in [1.54, 1.807) is 5.19 Å². The Morgan fingerprint density at radius 3 is 2.73 bits per heavy atom. The Kier molecular flexibility index (Phi) is 2.49. The molecule has 2 aromatic rings. The van der Waals surface area contributed by atoms with Crippen LogP contribution in [0.2, 0.25) is 6.04 Å². The van der Waals surface area contributed by atoms with E-state index in [0.717, 1.165) is 18.9 Å². The highest BCUT2D eigenvalue weighted by Crippen LogP contribution is 2.43. The zero-order valence-corrected chi connectivity index (χ0v) is 14.4. The van der Waals surface area contributed by atoms with E-state index in [-0.39, 0.29) is 0 Å². The van der Waals surface area contributed by atoms with Crippen molar-refractivity contribution >= 4 is 34.4 Å². The summed E-state index contributed by atoms with van der Waals surface area (Å²) in [7, 11) is -1.82. The summed E-state index contributed by atoms with van der Waals surface area (Å²) in [5.74, 6) is 0. The van der Waals surface area contributed by atoms with Gasteiger partial charge in [0.15, 0.2) is 0 Å². The first kappa shape index (κ1) is 12.9. The van der Waals surface area contributed by atoms with Crippen molar-refractivity contribution in [1.82, 2.24) is 0 Å². The average molecular weight is 321 g/mol. The molecule has 0 fully saturated rings. The summed E-state index contributed by atoms with van der Waals surface area (Å²) >= 11 is 7.13. The minimum absolute atomic E-state index is 1.05. The molecule has 0 N–H and O–H groups in total. The SMILES string of the molecule is CC[Si]1(Cl)c2c(C3=CC=CC3)cc3c(c21)Cc1ccccc1-3. The van der Waals surface area contributed by atoms with Crippen molar-refractivity contribution in [3.05, 3.63) is 65.3 Å². The van der Waals surface area contributed by atoms with Crippen LogP contribution in [0, 0.1) is 0 Å². The maximum absolute atomic E-state index is 7.13. The molecule has 2 aliphatic carbocycles. The molecule has 1 atom stereocenters. The Morgan fingerprint density at radius 2 is 1.95 bits per heavy atom. The topological polar surface area (TPSA) is 0 Å². The molecule has 0 saturated heterocycles. The van der Waals surface area contributed by atoms with Gasteiger partial charge in [-0.05, 0) is 68.7 Å². The number of hydrogen-bond acceptors (Lipinski definition) is 0. The fourth-order valence-electron chi connectivity index (χ4n) is 4.28. The Labute approximate surface area is 136 Å². The molecule has 3 aliphatic rings. The molecule has 5 rings (SSSR count). The van der Waals surface area contributed by atoms with E-state index in [2.05, 4.69) is 55.5 Å². The van der Waals surface area contributed by atoms with Crippen molar-refractivity contribution in [3.8, 4) is 11.1 Å². The van der Waals surface area contributed by atoms with E-state index < -0.39 is 7.38 Å². The lowest BCUT2D eigenvalue weighted by molar-refractivity contribution is 1.28. The van der Waals surface area contributed by atoms with Gasteiger partial charge in [0.1, 0.15) is 0 Å². The van der Waals surface area contributed by atoms with E-state index in [0.29, 0.717) is 0 Å². The summed E-state index contributed by atoms with van der Waals surface area (Å²) in [6.07, 6.45) is 8.82. The molecule has 0 saturated carbocycles. The van der Waals surface area contributed by atoms with E-state index in [9.17, 15) is 0 Å².